The maximum atomic E-state index is 3.74. The van der Waals surface area contributed by atoms with Crippen LogP contribution in [0.4, 0.5) is 5.69 Å². The van der Waals surface area contributed by atoms with Gasteiger partial charge in [0.15, 0.2) is 0 Å². The molecule has 2 unspecified atom stereocenters. The zero-order valence-corrected chi connectivity index (χ0v) is 14.4. The molecule has 2 atom stereocenters. The van der Waals surface area contributed by atoms with Crippen LogP contribution in [0.3, 0.4) is 0 Å². The molecule has 0 aromatic heterocycles. The molecular weight excluding hydrogens is 254 g/mol. The van der Waals surface area contributed by atoms with Gasteiger partial charge in [0.2, 0.25) is 0 Å². The molecule has 1 N–H and O–H groups in total. The predicted molar refractivity (Wildman–Crippen MR) is 94.0 cm³/mol. The molecule has 0 bridgehead atoms. The second-order valence-electron chi connectivity index (χ2n) is 7.07. The largest absolute Gasteiger partial charge is 0.382 e. The van der Waals surface area contributed by atoms with Crippen LogP contribution in [0.2, 0.25) is 0 Å². The highest BCUT2D eigenvalue weighted by molar-refractivity contribution is 5.46. The molecule has 1 nitrogen and oxygen atoms in total. The smallest absolute Gasteiger partial charge is 0.0342 e. The van der Waals surface area contributed by atoms with E-state index in [-0.39, 0.29) is 0 Å². The Hall–Kier alpha value is -0.980. The molecule has 0 spiro atoms. The molecule has 21 heavy (non-hydrogen) atoms. The summed E-state index contributed by atoms with van der Waals surface area (Å²) in [4.78, 5) is 0. The van der Waals surface area contributed by atoms with E-state index in [0.717, 1.165) is 11.8 Å². The van der Waals surface area contributed by atoms with Gasteiger partial charge in [-0.2, -0.15) is 0 Å². The van der Waals surface area contributed by atoms with E-state index in [0.29, 0.717) is 12.0 Å². The average molecular weight is 287 g/mol. The van der Waals surface area contributed by atoms with Crippen molar-refractivity contribution in [2.75, 3.05) is 5.32 Å². The molecule has 1 aliphatic carbocycles. The molecule has 1 aromatic carbocycles. The minimum Gasteiger partial charge on any atom is -0.382 e. The molecular formula is C20H33N. The molecule has 1 heteroatoms. The third kappa shape index (κ3) is 4.49. The normalized spacial score (nSPS) is 25.3. The highest BCUT2D eigenvalue weighted by Crippen LogP contribution is 2.33. The number of rotatable bonds is 6. The van der Waals surface area contributed by atoms with Gasteiger partial charge in [-0.25, -0.2) is 0 Å². The highest BCUT2D eigenvalue weighted by Gasteiger charge is 2.24. The first-order chi connectivity index (χ1) is 10.1. The fraction of sp³-hybridized carbons (Fsp3) is 0.700. The van der Waals surface area contributed by atoms with Crippen LogP contribution < -0.4 is 5.32 Å². The SMILES string of the molecule is CCC(C)c1ccc(NC2CCC(C(C)CC)CC2)cc1. The standard InChI is InChI=1S/C20H33N/c1-5-15(3)17-7-11-19(12-8-17)21-20-13-9-18(10-14-20)16(4)6-2/h7-8,11-12,15-16,18,20-21H,5-6,9-10,13-14H2,1-4H3. The maximum absolute atomic E-state index is 3.74. The first-order valence-corrected chi connectivity index (χ1v) is 9.00. The van der Waals surface area contributed by atoms with Crippen molar-refractivity contribution in [1.82, 2.24) is 0 Å². The summed E-state index contributed by atoms with van der Waals surface area (Å²) < 4.78 is 0. The topological polar surface area (TPSA) is 12.0 Å². The number of nitrogens with one attached hydrogen (secondary N) is 1. The van der Waals surface area contributed by atoms with Gasteiger partial charge < -0.3 is 5.32 Å². The molecule has 0 saturated heterocycles. The highest BCUT2D eigenvalue weighted by atomic mass is 14.9. The lowest BCUT2D eigenvalue weighted by atomic mass is 9.78. The van der Waals surface area contributed by atoms with Gasteiger partial charge in [0.1, 0.15) is 0 Å². The van der Waals surface area contributed by atoms with Gasteiger partial charge in [0, 0.05) is 11.7 Å². The van der Waals surface area contributed by atoms with Crippen LogP contribution in [-0.2, 0) is 0 Å². The van der Waals surface area contributed by atoms with Crippen molar-refractivity contribution in [2.45, 2.75) is 78.2 Å². The van der Waals surface area contributed by atoms with E-state index in [1.807, 2.05) is 0 Å². The van der Waals surface area contributed by atoms with Crippen molar-refractivity contribution in [1.29, 1.82) is 0 Å². The van der Waals surface area contributed by atoms with Crippen molar-refractivity contribution < 1.29 is 0 Å². The fourth-order valence-corrected chi connectivity index (χ4v) is 3.55. The maximum Gasteiger partial charge on any atom is 0.0342 e. The van der Waals surface area contributed by atoms with Gasteiger partial charge in [0.05, 0.1) is 0 Å². The van der Waals surface area contributed by atoms with E-state index < -0.39 is 0 Å². The Morgan fingerprint density at radius 3 is 2.10 bits per heavy atom. The molecule has 2 rings (SSSR count). The Kier molecular flexibility index (Phi) is 6.14. The predicted octanol–water partition coefficient (Wildman–Crippen LogP) is 6.22. The molecule has 118 valence electrons. The van der Waals surface area contributed by atoms with Crippen LogP contribution in [-0.4, -0.2) is 6.04 Å². The molecule has 0 heterocycles. The lowest BCUT2D eigenvalue weighted by Crippen LogP contribution is -2.28. The zero-order chi connectivity index (χ0) is 15.2. The Morgan fingerprint density at radius 1 is 0.952 bits per heavy atom. The van der Waals surface area contributed by atoms with Crippen LogP contribution >= 0.6 is 0 Å². The van der Waals surface area contributed by atoms with Crippen LogP contribution in [0, 0.1) is 11.8 Å². The van der Waals surface area contributed by atoms with Crippen LogP contribution in [0.25, 0.3) is 0 Å². The first-order valence-electron chi connectivity index (χ1n) is 9.00. The number of hydrogen-bond acceptors (Lipinski definition) is 1. The second kappa shape index (κ2) is 7.87. The summed E-state index contributed by atoms with van der Waals surface area (Å²) in [6, 6.07) is 9.80. The van der Waals surface area contributed by atoms with Crippen molar-refractivity contribution >= 4 is 5.69 Å². The van der Waals surface area contributed by atoms with E-state index in [4.69, 9.17) is 0 Å². The summed E-state index contributed by atoms with van der Waals surface area (Å²) in [5.41, 5.74) is 2.76. The van der Waals surface area contributed by atoms with Crippen LogP contribution in [0.1, 0.15) is 77.7 Å². The van der Waals surface area contributed by atoms with Gasteiger partial charge in [-0.15, -0.1) is 0 Å². The molecule has 0 radical (unpaired) electrons. The van der Waals surface area contributed by atoms with Gasteiger partial charge in [0.25, 0.3) is 0 Å². The van der Waals surface area contributed by atoms with Crippen molar-refractivity contribution in [3.8, 4) is 0 Å². The summed E-state index contributed by atoms with van der Waals surface area (Å²) >= 11 is 0. The number of hydrogen-bond donors (Lipinski definition) is 1. The van der Waals surface area contributed by atoms with E-state index in [2.05, 4.69) is 57.3 Å². The lowest BCUT2D eigenvalue weighted by molar-refractivity contribution is 0.248. The third-order valence-electron chi connectivity index (χ3n) is 5.68. The molecule has 1 aromatic rings. The van der Waals surface area contributed by atoms with E-state index in [1.54, 1.807) is 0 Å². The summed E-state index contributed by atoms with van der Waals surface area (Å²) in [6.07, 6.45) is 8.02. The minimum atomic E-state index is 0.671. The zero-order valence-electron chi connectivity index (χ0n) is 14.4. The first kappa shape index (κ1) is 16.4. The molecule has 0 amide bonds. The molecule has 0 aliphatic heterocycles. The van der Waals surface area contributed by atoms with Crippen molar-refractivity contribution in [2.24, 2.45) is 11.8 Å². The van der Waals surface area contributed by atoms with Crippen molar-refractivity contribution in [3.05, 3.63) is 29.8 Å². The van der Waals surface area contributed by atoms with Crippen LogP contribution in [0.15, 0.2) is 24.3 Å². The van der Waals surface area contributed by atoms with Gasteiger partial charge in [-0.1, -0.05) is 46.2 Å². The Bertz CT molecular complexity index is 400. The van der Waals surface area contributed by atoms with Gasteiger partial charge in [-0.05, 0) is 67.6 Å². The summed E-state index contributed by atoms with van der Waals surface area (Å²) in [7, 11) is 0. The number of benzene rings is 1. The average Bonchev–Trinajstić information content (AvgIpc) is 2.55. The third-order valence-corrected chi connectivity index (χ3v) is 5.68. The molecule has 1 aliphatic rings. The minimum absolute atomic E-state index is 0.671. The van der Waals surface area contributed by atoms with Crippen LogP contribution in [0.5, 0.6) is 0 Å². The summed E-state index contributed by atoms with van der Waals surface area (Å²) in [5.74, 6) is 2.53. The van der Waals surface area contributed by atoms with Gasteiger partial charge in [-0.3, -0.25) is 0 Å². The summed E-state index contributed by atoms with van der Waals surface area (Å²) in [5, 5.41) is 3.74. The van der Waals surface area contributed by atoms with E-state index in [1.165, 1.54) is 49.8 Å². The Morgan fingerprint density at radius 2 is 1.57 bits per heavy atom. The lowest BCUT2D eigenvalue weighted by Gasteiger charge is -2.32. The Labute approximate surface area is 131 Å². The van der Waals surface area contributed by atoms with Gasteiger partial charge >= 0.3 is 0 Å². The van der Waals surface area contributed by atoms with E-state index in [9.17, 15) is 0 Å². The van der Waals surface area contributed by atoms with Crippen molar-refractivity contribution in [3.63, 3.8) is 0 Å². The van der Waals surface area contributed by atoms with E-state index >= 15 is 0 Å². The monoisotopic (exact) mass is 287 g/mol. The quantitative estimate of drug-likeness (QED) is 0.655. The molecule has 1 saturated carbocycles. The second-order valence-corrected chi connectivity index (χ2v) is 7.07. The Balaban J connectivity index is 1.83. The molecule has 1 fully saturated rings. The fourth-order valence-electron chi connectivity index (χ4n) is 3.55. The summed E-state index contributed by atoms with van der Waals surface area (Å²) in [6.45, 7) is 9.31. The number of anilines is 1.